The second kappa shape index (κ2) is 6.64. The van der Waals surface area contributed by atoms with Crippen molar-refractivity contribution < 1.29 is 9.59 Å². The van der Waals surface area contributed by atoms with Gasteiger partial charge in [-0.2, -0.15) is 0 Å². The zero-order valence-corrected chi connectivity index (χ0v) is 11.0. The zero-order valence-electron chi connectivity index (χ0n) is 11.0. The van der Waals surface area contributed by atoms with Crippen LogP contribution in [0.5, 0.6) is 0 Å². The van der Waals surface area contributed by atoms with Crippen LogP contribution in [-0.2, 0) is 11.2 Å². The maximum Gasteiger partial charge on any atom is 0.319 e. The molecule has 1 rings (SSSR count). The van der Waals surface area contributed by atoms with Crippen LogP contribution in [0.2, 0.25) is 0 Å². The van der Waals surface area contributed by atoms with Gasteiger partial charge in [0.15, 0.2) is 0 Å². The molecule has 0 saturated carbocycles. The molecular formula is C13H19N3O2. The maximum atomic E-state index is 11.5. The van der Waals surface area contributed by atoms with Crippen molar-refractivity contribution in [2.24, 2.45) is 0 Å². The molecule has 0 aliphatic rings. The molecule has 0 unspecified atom stereocenters. The van der Waals surface area contributed by atoms with E-state index in [1.54, 1.807) is 14.1 Å². The average Bonchev–Trinajstić information content (AvgIpc) is 2.36. The second-order valence-electron chi connectivity index (χ2n) is 4.15. The Kier molecular flexibility index (Phi) is 5.17. The fourth-order valence-corrected chi connectivity index (χ4v) is 1.36. The smallest absolute Gasteiger partial charge is 0.319 e. The number of likely N-dealkylation sites (N-methyl/N-ethyl adjacent to an activating group) is 1. The van der Waals surface area contributed by atoms with Gasteiger partial charge in [0, 0.05) is 19.8 Å². The highest BCUT2D eigenvalue weighted by atomic mass is 16.2. The van der Waals surface area contributed by atoms with Gasteiger partial charge in [0.2, 0.25) is 5.91 Å². The molecular weight excluding hydrogens is 230 g/mol. The fourth-order valence-electron chi connectivity index (χ4n) is 1.36. The maximum absolute atomic E-state index is 11.5. The standard InChI is InChI=1S/C13H19N3O2/c1-4-10-6-5-7-11(8-10)15-13(18)14-9-12(17)16(2)3/h5-8H,4,9H2,1-3H3,(H2,14,15,18). The van der Waals surface area contributed by atoms with Crippen molar-refractivity contribution in [2.75, 3.05) is 26.0 Å². The Balaban J connectivity index is 2.47. The lowest BCUT2D eigenvalue weighted by molar-refractivity contribution is -0.127. The third-order valence-corrected chi connectivity index (χ3v) is 2.49. The fraction of sp³-hybridized carbons (Fsp3) is 0.385. The number of hydrogen-bond donors (Lipinski definition) is 2. The number of urea groups is 1. The van der Waals surface area contributed by atoms with Crippen LogP contribution in [-0.4, -0.2) is 37.5 Å². The third kappa shape index (κ3) is 4.45. The van der Waals surface area contributed by atoms with Crippen molar-refractivity contribution in [3.8, 4) is 0 Å². The molecule has 0 aromatic heterocycles. The van der Waals surface area contributed by atoms with Crippen molar-refractivity contribution >= 4 is 17.6 Å². The van der Waals surface area contributed by atoms with Crippen LogP contribution in [0.1, 0.15) is 12.5 Å². The van der Waals surface area contributed by atoms with E-state index in [-0.39, 0.29) is 18.5 Å². The summed E-state index contributed by atoms with van der Waals surface area (Å²) in [5.41, 5.74) is 1.88. The topological polar surface area (TPSA) is 61.4 Å². The van der Waals surface area contributed by atoms with E-state index in [0.29, 0.717) is 0 Å². The number of benzene rings is 1. The SMILES string of the molecule is CCc1cccc(NC(=O)NCC(=O)N(C)C)c1. The van der Waals surface area contributed by atoms with Crippen molar-refractivity contribution in [1.82, 2.24) is 10.2 Å². The second-order valence-corrected chi connectivity index (χ2v) is 4.15. The van der Waals surface area contributed by atoms with Gasteiger partial charge in [0.1, 0.15) is 0 Å². The molecule has 18 heavy (non-hydrogen) atoms. The number of carbonyl (C=O) groups excluding carboxylic acids is 2. The minimum absolute atomic E-state index is 0.00764. The van der Waals surface area contributed by atoms with Crippen molar-refractivity contribution in [3.63, 3.8) is 0 Å². The Bertz CT molecular complexity index is 430. The molecule has 0 saturated heterocycles. The molecule has 0 radical (unpaired) electrons. The first-order chi connectivity index (χ1) is 8.52. The monoisotopic (exact) mass is 249 g/mol. The Hall–Kier alpha value is -2.04. The lowest BCUT2D eigenvalue weighted by Gasteiger charge is -2.12. The first kappa shape index (κ1) is 14.0. The molecule has 3 amide bonds. The minimum atomic E-state index is -0.376. The van der Waals surface area contributed by atoms with Crippen molar-refractivity contribution in [1.29, 1.82) is 0 Å². The van der Waals surface area contributed by atoms with Gasteiger partial charge < -0.3 is 15.5 Å². The van der Waals surface area contributed by atoms with E-state index in [1.807, 2.05) is 24.3 Å². The van der Waals surface area contributed by atoms with E-state index >= 15 is 0 Å². The predicted molar refractivity (Wildman–Crippen MR) is 71.5 cm³/mol. The number of nitrogens with zero attached hydrogens (tertiary/aromatic N) is 1. The van der Waals surface area contributed by atoms with E-state index in [4.69, 9.17) is 0 Å². The minimum Gasteiger partial charge on any atom is -0.347 e. The lowest BCUT2D eigenvalue weighted by Crippen LogP contribution is -2.38. The summed E-state index contributed by atoms with van der Waals surface area (Å²) in [6.45, 7) is 2.04. The Morgan fingerprint density at radius 1 is 1.28 bits per heavy atom. The van der Waals surface area contributed by atoms with Crippen LogP contribution in [0.25, 0.3) is 0 Å². The number of anilines is 1. The van der Waals surface area contributed by atoms with Gasteiger partial charge in [0.25, 0.3) is 0 Å². The summed E-state index contributed by atoms with van der Waals surface area (Å²) in [6, 6.07) is 7.23. The first-order valence-electron chi connectivity index (χ1n) is 5.87. The highest BCUT2D eigenvalue weighted by molar-refractivity contribution is 5.92. The lowest BCUT2D eigenvalue weighted by atomic mass is 10.1. The molecule has 1 aromatic rings. The molecule has 0 spiro atoms. The molecule has 0 heterocycles. The van der Waals surface area contributed by atoms with Crippen molar-refractivity contribution in [3.05, 3.63) is 29.8 Å². The number of aryl methyl sites for hydroxylation is 1. The van der Waals surface area contributed by atoms with Gasteiger partial charge in [0.05, 0.1) is 6.54 Å². The van der Waals surface area contributed by atoms with Crippen LogP contribution in [0.4, 0.5) is 10.5 Å². The van der Waals surface area contributed by atoms with Gasteiger partial charge >= 0.3 is 6.03 Å². The van der Waals surface area contributed by atoms with Gasteiger partial charge in [-0.3, -0.25) is 4.79 Å². The summed E-state index contributed by atoms with van der Waals surface area (Å²) in [4.78, 5) is 24.3. The highest BCUT2D eigenvalue weighted by Crippen LogP contribution is 2.10. The largest absolute Gasteiger partial charge is 0.347 e. The highest BCUT2D eigenvalue weighted by Gasteiger charge is 2.06. The average molecular weight is 249 g/mol. The molecule has 0 aliphatic heterocycles. The summed E-state index contributed by atoms with van der Waals surface area (Å²) in [6.07, 6.45) is 0.913. The molecule has 2 N–H and O–H groups in total. The van der Waals surface area contributed by atoms with Crippen LogP contribution in [0.3, 0.4) is 0 Å². The van der Waals surface area contributed by atoms with Crippen LogP contribution < -0.4 is 10.6 Å². The molecule has 0 atom stereocenters. The number of hydrogen-bond acceptors (Lipinski definition) is 2. The normalized spacial score (nSPS) is 9.72. The Morgan fingerprint density at radius 2 is 2.00 bits per heavy atom. The number of rotatable bonds is 4. The van der Waals surface area contributed by atoms with Gasteiger partial charge in [-0.15, -0.1) is 0 Å². The van der Waals surface area contributed by atoms with Crippen LogP contribution in [0.15, 0.2) is 24.3 Å². The van der Waals surface area contributed by atoms with Gasteiger partial charge in [-0.05, 0) is 24.1 Å². The summed E-state index contributed by atoms with van der Waals surface area (Å²) in [5, 5.41) is 5.20. The number of amides is 3. The van der Waals surface area contributed by atoms with E-state index in [1.165, 1.54) is 4.90 Å². The Labute approximate surface area is 107 Å². The predicted octanol–water partition coefficient (Wildman–Crippen LogP) is 1.46. The molecule has 0 fully saturated rings. The first-order valence-corrected chi connectivity index (χ1v) is 5.87. The summed E-state index contributed by atoms with van der Waals surface area (Å²) < 4.78 is 0. The van der Waals surface area contributed by atoms with E-state index in [0.717, 1.165) is 17.7 Å². The third-order valence-electron chi connectivity index (χ3n) is 2.49. The molecule has 98 valence electrons. The van der Waals surface area contributed by atoms with Crippen LogP contribution in [0, 0.1) is 0 Å². The molecule has 1 aromatic carbocycles. The van der Waals surface area contributed by atoms with E-state index in [2.05, 4.69) is 17.6 Å². The molecule has 5 nitrogen and oxygen atoms in total. The van der Waals surface area contributed by atoms with Gasteiger partial charge in [-0.25, -0.2) is 4.79 Å². The van der Waals surface area contributed by atoms with E-state index in [9.17, 15) is 9.59 Å². The quantitative estimate of drug-likeness (QED) is 0.848. The zero-order chi connectivity index (χ0) is 13.5. The molecule has 5 heteroatoms. The summed E-state index contributed by atoms with van der Waals surface area (Å²) in [5.74, 6) is -0.146. The summed E-state index contributed by atoms with van der Waals surface area (Å²) in [7, 11) is 3.29. The molecule has 0 aliphatic carbocycles. The molecule has 0 bridgehead atoms. The van der Waals surface area contributed by atoms with Gasteiger partial charge in [-0.1, -0.05) is 19.1 Å². The van der Waals surface area contributed by atoms with Crippen molar-refractivity contribution in [2.45, 2.75) is 13.3 Å². The van der Waals surface area contributed by atoms with Crippen LogP contribution >= 0.6 is 0 Å². The number of nitrogens with one attached hydrogen (secondary N) is 2. The number of carbonyl (C=O) groups is 2. The Morgan fingerprint density at radius 3 is 2.61 bits per heavy atom. The van der Waals surface area contributed by atoms with E-state index < -0.39 is 0 Å². The summed E-state index contributed by atoms with van der Waals surface area (Å²) >= 11 is 0.